The van der Waals surface area contributed by atoms with Crippen molar-refractivity contribution in [2.75, 3.05) is 13.7 Å². The Bertz CT molecular complexity index is 1230. The van der Waals surface area contributed by atoms with Crippen LogP contribution in [0, 0.1) is 0 Å². The third-order valence-electron chi connectivity index (χ3n) is 6.14. The third-order valence-corrected chi connectivity index (χ3v) is 6.14. The minimum atomic E-state index is -0.154. The Morgan fingerprint density at radius 1 is 1.00 bits per heavy atom. The molecule has 0 bridgehead atoms. The minimum Gasteiger partial charge on any atom is -0.497 e. The van der Waals surface area contributed by atoms with E-state index in [9.17, 15) is 4.79 Å². The number of para-hydroxylation sites is 2. The Kier molecular flexibility index (Phi) is 7.48. The van der Waals surface area contributed by atoms with Crippen LogP contribution in [0.15, 0.2) is 72.8 Å². The van der Waals surface area contributed by atoms with Crippen molar-refractivity contribution in [1.29, 1.82) is 0 Å². The maximum atomic E-state index is 12.6. The van der Waals surface area contributed by atoms with Crippen LogP contribution in [0.2, 0.25) is 0 Å². The van der Waals surface area contributed by atoms with Gasteiger partial charge in [-0.1, -0.05) is 38.1 Å². The number of imidazole rings is 1. The molecular weight excluding hydrogens is 426 g/mol. The number of carbonyl (C=O) groups is 1. The number of hydrogen-bond acceptors (Lipinski definition) is 4. The molecule has 1 aromatic heterocycles. The van der Waals surface area contributed by atoms with Crippen LogP contribution in [0.4, 0.5) is 0 Å². The molecule has 0 aliphatic carbocycles. The summed E-state index contributed by atoms with van der Waals surface area (Å²) in [6.07, 6.45) is 1.12. The van der Waals surface area contributed by atoms with E-state index in [4.69, 9.17) is 14.5 Å². The first-order valence-corrected chi connectivity index (χ1v) is 11.7. The van der Waals surface area contributed by atoms with Gasteiger partial charge in [0.25, 0.3) is 5.91 Å². The SMILES string of the molecule is CCC(C)c1ccc(OCCn2c(CNC(=O)c3ccc(OC)cc3)nc3ccccc32)cc1. The number of hydrogen-bond donors (Lipinski definition) is 1. The van der Waals surface area contributed by atoms with E-state index in [1.807, 2.05) is 36.4 Å². The molecule has 0 aliphatic rings. The molecule has 6 heteroatoms. The lowest BCUT2D eigenvalue weighted by atomic mass is 9.99. The minimum absolute atomic E-state index is 0.154. The molecule has 1 heterocycles. The number of fused-ring (bicyclic) bond motifs is 1. The van der Waals surface area contributed by atoms with Gasteiger partial charge in [0, 0.05) is 5.56 Å². The highest BCUT2D eigenvalue weighted by atomic mass is 16.5. The largest absolute Gasteiger partial charge is 0.497 e. The summed E-state index contributed by atoms with van der Waals surface area (Å²) < 4.78 is 13.3. The van der Waals surface area contributed by atoms with Crippen molar-refractivity contribution < 1.29 is 14.3 Å². The van der Waals surface area contributed by atoms with Gasteiger partial charge in [0.15, 0.2) is 0 Å². The van der Waals surface area contributed by atoms with Crippen LogP contribution < -0.4 is 14.8 Å². The second kappa shape index (κ2) is 10.9. The van der Waals surface area contributed by atoms with Crippen LogP contribution in [-0.2, 0) is 13.1 Å². The molecule has 1 N–H and O–H groups in total. The van der Waals surface area contributed by atoms with Crippen LogP contribution in [0.25, 0.3) is 11.0 Å². The molecule has 4 rings (SSSR count). The summed E-state index contributed by atoms with van der Waals surface area (Å²) in [6.45, 7) is 5.88. The molecule has 34 heavy (non-hydrogen) atoms. The molecule has 0 spiro atoms. The summed E-state index contributed by atoms with van der Waals surface area (Å²) in [5, 5.41) is 2.98. The fourth-order valence-electron chi connectivity index (χ4n) is 3.90. The highest BCUT2D eigenvalue weighted by Crippen LogP contribution is 2.22. The van der Waals surface area contributed by atoms with E-state index in [2.05, 4.69) is 35.9 Å². The topological polar surface area (TPSA) is 65.4 Å². The molecule has 0 fully saturated rings. The molecule has 1 atom stereocenters. The molecule has 0 saturated carbocycles. The summed E-state index contributed by atoms with van der Waals surface area (Å²) in [5.74, 6) is 2.75. The smallest absolute Gasteiger partial charge is 0.251 e. The fraction of sp³-hybridized carbons (Fsp3) is 0.286. The number of aromatic nitrogens is 2. The predicted octanol–water partition coefficient (Wildman–Crippen LogP) is 5.57. The highest BCUT2D eigenvalue weighted by Gasteiger charge is 2.13. The molecule has 3 aromatic carbocycles. The Balaban J connectivity index is 1.43. The molecule has 1 unspecified atom stereocenters. The third kappa shape index (κ3) is 5.39. The molecule has 0 radical (unpaired) electrons. The predicted molar refractivity (Wildman–Crippen MR) is 135 cm³/mol. The molecule has 4 aromatic rings. The van der Waals surface area contributed by atoms with E-state index < -0.39 is 0 Å². The first-order valence-electron chi connectivity index (χ1n) is 11.7. The van der Waals surface area contributed by atoms with E-state index >= 15 is 0 Å². The van der Waals surface area contributed by atoms with Crippen LogP contribution >= 0.6 is 0 Å². The number of benzene rings is 3. The Morgan fingerprint density at radius 2 is 1.71 bits per heavy atom. The average Bonchev–Trinajstić information content (AvgIpc) is 3.24. The van der Waals surface area contributed by atoms with Crippen LogP contribution in [-0.4, -0.2) is 29.2 Å². The summed E-state index contributed by atoms with van der Waals surface area (Å²) in [5.41, 5.74) is 3.82. The number of carbonyl (C=O) groups excluding carboxylic acids is 1. The van der Waals surface area contributed by atoms with Gasteiger partial charge < -0.3 is 19.4 Å². The summed E-state index contributed by atoms with van der Waals surface area (Å²) in [4.78, 5) is 17.4. The number of nitrogens with one attached hydrogen (secondary N) is 1. The summed E-state index contributed by atoms with van der Waals surface area (Å²) in [7, 11) is 1.60. The second-order valence-corrected chi connectivity index (χ2v) is 8.31. The van der Waals surface area contributed by atoms with Crippen molar-refractivity contribution in [3.63, 3.8) is 0 Å². The van der Waals surface area contributed by atoms with Crippen LogP contribution in [0.3, 0.4) is 0 Å². The Morgan fingerprint density at radius 3 is 2.41 bits per heavy atom. The lowest BCUT2D eigenvalue weighted by Crippen LogP contribution is -2.25. The van der Waals surface area contributed by atoms with Gasteiger partial charge in [0.05, 0.1) is 31.2 Å². The zero-order valence-corrected chi connectivity index (χ0v) is 20.0. The van der Waals surface area contributed by atoms with E-state index in [1.54, 1.807) is 31.4 Å². The van der Waals surface area contributed by atoms with Crippen molar-refractivity contribution in [2.24, 2.45) is 0 Å². The molecule has 0 saturated heterocycles. The van der Waals surface area contributed by atoms with Gasteiger partial charge in [-0.2, -0.15) is 0 Å². The van der Waals surface area contributed by atoms with Crippen molar-refractivity contribution in [2.45, 2.75) is 39.3 Å². The first kappa shape index (κ1) is 23.4. The summed E-state index contributed by atoms with van der Waals surface area (Å²) in [6, 6.07) is 23.4. The fourth-order valence-corrected chi connectivity index (χ4v) is 3.90. The van der Waals surface area contributed by atoms with Crippen molar-refractivity contribution >= 4 is 16.9 Å². The number of nitrogens with zero attached hydrogens (tertiary/aromatic N) is 2. The van der Waals surface area contributed by atoms with E-state index in [1.165, 1.54) is 5.56 Å². The van der Waals surface area contributed by atoms with Gasteiger partial charge >= 0.3 is 0 Å². The molecule has 0 aliphatic heterocycles. The zero-order chi connectivity index (χ0) is 23.9. The summed E-state index contributed by atoms with van der Waals surface area (Å²) >= 11 is 0. The second-order valence-electron chi connectivity index (χ2n) is 8.31. The van der Waals surface area contributed by atoms with Gasteiger partial charge in [-0.15, -0.1) is 0 Å². The maximum absolute atomic E-state index is 12.6. The quantitative estimate of drug-likeness (QED) is 0.338. The van der Waals surface area contributed by atoms with Crippen molar-refractivity contribution in [3.05, 3.63) is 89.7 Å². The van der Waals surface area contributed by atoms with Gasteiger partial charge in [-0.05, 0) is 66.4 Å². The van der Waals surface area contributed by atoms with Crippen LogP contribution in [0.1, 0.15) is 47.9 Å². The number of amides is 1. The molecule has 176 valence electrons. The Hall–Kier alpha value is -3.80. The van der Waals surface area contributed by atoms with Crippen molar-refractivity contribution in [1.82, 2.24) is 14.9 Å². The Labute approximate surface area is 200 Å². The molecular formula is C28H31N3O3. The number of methoxy groups -OCH3 is 1. The first-order chi connectivity index (χ1) is 16.6. The van der Waals surface area contributed by atoms with E-state index in [-0.39, 0.29) is 5.91 Å². The lowest BCUT2D eigenvalue weighted by molar-refractivity contribution is 0.0949. The van der Waals surface area contributed by atoms with Gasteiger partial charge in [0.2, 0.25) is 0 Å². The average molecular weight is 458 g/mol. The molecule has 6 nitrogen and oxygen atoms in total. The van der Waals surface area contributed by atoms with Crippen molar-refractivity contribution in [3.8, 4) is 11.5 Å². The van der Waals surface area contributed by atoms with E-state index in [0.29, 0.717) is 36.9 Å². The van der Waals surface area contributed by atoms with Gasteiger partial charge in [0.1, 0.15) is 23.9 Å². The van der Waals surface area contributed by atoms with Gasteiger partial charge in [-0.25, -0.2) is 4.98 Å². The zero-order valence-electron chi connectivity index (χ0n) is 20.0. The maximum Gasteiger partial charge on any atom is 0.251 e. The lowest BCUT2D eigenvalue weighted by Gasteiger charge is -2.13. The van der Waals surface area contributed by atoms with Crippen LogP contribution in [0.5, 0.6) is 11.5 Å². The normalized spacial score (nSPS) is 11.9. The standard InChI is InChI=1S/C28H31N3O3/c1-4-20(2)21-9-15-24(16-10-21)34-18-17-31-26-8-6-5-7-25(26)30-27(31)19-29-28(32)22-11-13-23(33-3)14-12-22/h5-16,20H,4,17-19H2,1-3H3,(H,29,32). The number of ether oxygens (including phenoxy) is 2. The monoisotopic (exact) mass is 457 g/mol. The van der Waals surface area contributed by atoms with E-state index in [0.717, 1.165) is 29.0 Å². The van der Waals surface area contributed by atoms with Gasteiger partial charge in [-0.3, -0.25) is 4.79 Å². The number of rotatable bonds is 10. The highest BCUT2D eigenvalue weighted by molar-refractivity contribution is 5.94. The molecule has 1 amide bonds.